The fourth-order valence-electron chi connectivity index (χ4n) is 2.35. The van der Waals surface area contributed by atoms with Gasteiger partial charge < -0.3 is 0 Å². The second-order valence-electron chi connectivity index (χ2n) is 5.04. The molecule has 0 aromatic heterocycles. The number of fused-ring (bicyclic) bond motifs is 1. The van der Waals surface area contributed by atoms with Crippen molar-refractivity contribution in [3.8, 4) is 0 Å². The molecular weight excluding hydrogens is 329 g/mol. The second kappa shape index (κ2) is 5.36. The van der Waals surface area contributed by atoms with Crippen LogP contribution in [0.25, 0.3) is 10.8 Å². The van der Waals surface area contributed by atoms with Crippen LogP contribution in [0.4, 0.5) is 30.7 Å². The highest BCUT2D eigenvalue weighted by atomic mass is 19.4. The predicted molar refractivity (Wildman–Crippen MR) is 67.9 cm³/mol. The molecule has 0 saturated carbocycles. The van der Waals surface area contributed by atoms with Gasteiger partial charge in [-0.15, -0.1) is 0 Å². The third-order valence-electron chi connectivity index (χ3n) is 3.47. The standard InChI is InChI=1S/C15H10F7O/c1-8(23)12-10-5-3-2-4-9(10)6-7-11(12)13(16,17)14(18,19)15(20,21)22/h2-8H,1H3. The molecule has 0 heterocycles. The fourth-order valence-corrected chi connectivity index (χ4v) is 2.35. The predicted octanol–water partition coefficient (Wildman–Crippen LogP) is 5.62. The van der Waals surface area contributed by atoms with Gasteiger partial charge in [0.25, 0.3) is 0 Å². The maximum Gasteiger partial charge on any atom is 0.460 e. The molecule has 1 unspecified atom stereocenters. The molecule has 1 nitrogen and oxygen atoms in total. The van der Waals surface area contributed by atoms with Crippen LogP contribution < -0.4 is 0 Å². The molecule has 0 aliphatic carbocycles. The summed E-state index contributed by atoms with van der Waals surface area (Å²) in [6, 6.07) is 6.99. The lowest BCUT2D eigenvalue weighted by Crippen LogP contribution is -2.50. The first-order chi connectivity index (χ1) is 10.4. The highest BCUT2D eigenvalue weighted by Crippen LogP contribution is 2.53. The zero-order chi connectivity index (χ0) is 17.6. The van der Waals surface area contributed by atoms with E-state index in [2.05, 4.69) is 0 Å². The zero-order valence-corrected chi connectivity index (χ0v) is 11.6. The Bertz CT molecular complexity index is 719. The van der Waals surface area contributed by atoms with Crippen molar-refractivity contribution in [3.05, 3.63) is 47.5 Å². The van der Waals surface area contributed by atoms with Crippen molar-refractivity contribution in [1.29, 1.82) is 0 Å². The number of hydrogen-bond donors (Lipinski definition) is 0. The molecule has 23 heavy (non-hydrogen) atoms. The number of alkyl halides is 7. The average Bonchev–Trinajstić information content (AvgIpc) is 2.44. The summed E-state index contributed by atoms with van der Waals surface area (Å²) in [5, 5.41) is 11.9. The number of halogens is 7. The van der Waals surface area contributed by atoms with E-state index in [1.54, 1.807) is 0 Å². The minimum Gasteiger partial charge on any atom is -0.228 e. The van der Waals surface area contributed by atoms with Crippen LogP contribution in [0.3, 0.4) is 0 Å². The van der Waals surface area contributed by atoms with Crippen molar-refractivity contribution < 1.29 is 35.8 Å². The molecule has 2 aromatic rings. The van der Waals surface area contributed by atoms with Crippen LogP contribution >= 0.6 is 0 Å². The highest BCUT2D eigenvalue weighted by molar-refractivity contribution is 5.87. The molecule has 2 aromatic carbocycles. The van der Waals surface area contributed by atoms with Crippen LogP contribution in [0.2, 0.25) is 0 Å². The quantitative estimate of drug-likeness (QED) is 0.647. The summed E-state index contributed by atoms with van der Waals surface area (Å²) in [6.45, 7) is 0.910. The van der Waals surface area contributed by atoms with Gasteiger partial charge in [-0.1, -0.05) is 36.4 Å². The first-order valence-electron chi connectivity index (χ1n) is 6.41. The molecule has 0 bridgehead atoms. The monoisotopic (exact) mass is 339 g/mol. The van der Waals surface area contributed by atoms with E-state index in [1.807, 2.05) is 0 Å². The third-order valence-corrected chi connectivity index (χ3v) is 3.47. The molecule has 0 amide bonds. The average molecular weight is 339 g/mol. The van der Waals surface area contributed by atoms with E-state index < -0.39 is 35.3 Å². The molecule has 1 atom stereocenters. The summed E-state index contributed by atoms with van der Waals surface area (Å²) in [4.78, 5) is 0. The van der Waals surface area contributed by atoms with Gasteiger partial charge >= 0.3 is 18.0 Å². The number of benzene rings is 2. The minimum atomic E-state index is -6.45. The van der Waals surface area contributed by atoms with Crippen LogP contribution in [0.1, 0.15) is 24.2 Å². The van der Waals surface area contributed by atoms with E-state index in [-0.39, 0.29) is 5.39 Å². The van der Waals surface area contributed by atoms with Crippen molar-refractivity contribution in [2.45, 2.75) is 31.0 Å². The second-order valence-corrected chi connectivity index (χ2v) is 5.04. The Labute approximate surface area is 126 Å². The molecule has 0 aliphatic heterocycles. The molecule has 0 spiro atoms. The largest absolute Gasteiger partial charge is 0.460 e. The summed E-state index contributed by atoms with van der Waals surface area (Å²) in [6.07, 6.45) is -8.36. The van der Waals surface area contributed by atoms with Gasteiger partial charge in [-0.2, -0.15) is 30.7 Å². The van der Waals surface area contributed by atoms with Gasteiger partial charge in [0.15, 0.2) is 0 Å². The minimum absolute atomic E-state index is 0.0786. The lowest BCUT2D eigenvalue weighted by molar-refractivity contribution is -0.359. The van der Waals surface area contributed by atoms with Gasteiger partial charge in [-0.25, -0.2) is 5.11 Å². The summed E-state index contributed by atoms with van der Waals surface area (Å²) in [7, 11) is 0. The fraction of sp³-hybridized carbons (Fsp3) is 0.333. The lowest BCUT2D eigenvalue weighted by Gasteiger charge is -2.30. The Hall–Kier alpha value is -1.83. The van der Waals surface area contributed by atoms with Gasteiger partial charge in [0.05, 0.1) is 0 Å². The molecule has 0 aliphatic rings. The van der Waals surface area contributed by atoms with E-state index in [4.69, 9.17) is 0 Å². The van der Waals surface area contributed by atoms with Crippen molar-refractivity contribution in [3.63, 3.8) is 0 Å². The molecule has 0 N–H and O–H groups in total. The van der Waals surface area contributed by atoms with Crippen LogP contribution in [0.15, 0.2) is 36.4 Å². The summed E-state index contributed by atoms with van der Waals surface area (Å²) in [5.74, 6) is -11.9. The van der Waals surface area contributed by atoms with Crippen molar-refractivity contribution in [2.75, 3.05) is 0 Å². The van der Waals surface area contributed by atoms with Gasteiger partial charge in [0.2, 0.25) is 0 Å². The summed E-state index contributed by atoms with van der Waals surface area (Å²) in [5.41, 5.74) is -2.38. The maximum absolute atomic E-state index is 14.0. The Kier molecular flexibility index (Phi) is 4.09. The Morgan fingerprint density at radius 2 is 1.43 bits per heavy atom. The Morgan fingerprint density at radius 3 is 1.96 bits per heavy atom. The molecule has 1 radical (unpaired) electrons. The van der Waals surface area contributed by atoms with E-state index >= 15 is 0 Å². The number of rotatable bonds is 3. The van der Waals surface area contributed by atoms with E-state index in [9.17, 15) is 35.8 Å². The Morgan fingerprint density at radius 1 is 0.870 bits per heavy atom. The highest BCUT2D eigenvalue weighted by Gasteiger charge is 2.74. The summed E-state index contributed by atoms with van der Waals surface area (Å²) >= 11 is 0. The van der Waals surface area contributed by atoms with Crippen LogP contribution in [-0.4, -0.2) is 12.1 Å². The lowest BCUT2D eigenvalue weighted by atomic mass is 9.89. The first kappa shape index (κ1) is 17.5. The normalized spacial score (nSPS) is 15.0. The topological polar surface area (TPSA) is 19.9 Å². The van der Waals surface area contributed by atoms with Gasteiger partial charge in [-0.3, -0.25) is 0 Å². The molecule has 0 saturated heterocycles. The molecule has 8 heteroatoms. The maximum atomic E-state index is 14.0. The van der Waals surface area contributed by atoms with E-state index in [0.717, 1.165) is 13.0 Å². The van der Waals surface area contributed by atoms with Crippen molar-refractivity contribution in [2.24, 2.45) is 0 Å². The molecule has 125 valence electrons. The van der Waals surface area contributed by atoms with E-state index in [1.165, 1.54) is 24.3 Å². The number of hydrogen-bond acceptors (Lipinski definition) is 0. The van der Waals surface area contributed by atoms with E-state index in [0.29, 0.717) is 11.5 Å². The molecule has 0 fully saturated rings. The Balaban J connectivity index is 2.80. The van der Waals surface area contributed by atoms with Crippen molar-refractivity contribution in [1.82, 2.24) is 0 Å². The van der Waals surface area contributed by atoms with Crippen LogP contribution in [0, 0.1) is 0 Å². The summed E-state index contributed by atoms with van der Waals surface area (Å²) < 4.78 is 91.5. The van der Waals surface area contributed by atoms with Crippen molar-refractivity contribution >= 4 is 10.8 Å². The van der Waals surface area contributed by atoms with Crippen LogP contribution in [0.5, 0.6) is 0 Å². The smallest absolute Gasteiger partial charge is 0.228 e. The molecule has 2 rings (SSSR count). The van der Waals surface area contributed by atoms with Gasteiger partial charge in [-0.05, 0) is 17.7 Å². The third kappa shape index (κ3) is 2.65. The molecular formula is C15H10F7O. The first-order valence-corrected chi connectivity index (χ1v) is 6.41. The SMILES string of the molecule is CC([O])c1c(C(F)(F)C(F)(F)C(F)(F)F)ccc2ccccc12. The van der Waals surface area contributed by atoms with Gasteiger partial charge in [0, 0.05) is 11.1 Å². The van der Waals surface area contributed by atoms with Crippen LogP contribution in [-0.2, 0) is 11.0 Å². The van der Waals surface area contributed by atoms with Gasteiger partial charge in [0.1, 0.15) is 6.10 Å². The zero-order valence-electron chi connectivity index (χ0n) is 11.6.